The van der Waals surface area contributed by atoms with E-state index in [2.05, 4.69) is 20.8 Å². The molecule has 0 heterocycles. The Labute approximate surface area is 75.0 Å². The summed E-state index contributed by atoms with van der Waals surface area (Å²) in [6.07, 6.45) is 0.791. The van der Waals surface area contributed by atoms with Crippen LogP contribution < -0.4 is 0 Å². The lowest BCUT2D eigenvalue weighted by Crippen LogP contribution is -2.18. The fourth-order valence-electron chi connectivity index (χ4n) is 0.957. The Morgan fingerprint density at radius 3 is 2.08 bits per heavy atom. The van der Waals surface area contributed by atoms with Gasteiger partial charge in [-0.05, 0) is 31.6 Å². The highest BCUT2D eigenvalue weighted by atomic mass is 16.3. The Bertz CT molecular complexity index is 141. The molecule has 0 aliphatic heterocycles. The van der Waals surface area contributed by atoms with Crippen molar-refractivity contribution in [2.45, 2.75) is 46.6 Å². The van der Waals surface area contributed by atoms with Crippen LogP contribution in [0.2, 0.25) is 0 Å². The van der Waals surface area contributed by atoms with E-state index in [9.17, 15) is 9.90 Å². The number of hydrogen-bond donors (Lipinski definition) is 1. The van der Waals surface area contributed by atoms with Gasteiger partial charge in [0.15, 0.2) is 5.78 Å². The molecule has 0 fully saturated rings. The van der Waals surface area contributed by atoms with Crippen LogP contribution in [0.25, 0.3) is 0 Å². The number of aliphatic hydroxyl groups is 1. The molecule has 0 spiro atoms. The molecule has 0 amide bonds. The van der Waals surface area contributed by atoms with Crippen molar-refractivity contribution in [1.29, 1.82) is 0 Å². The predicted octanol–water partition coefficient (Wildman–Crippen LogP) is 2.01. The molecule has 2 nitrogen and oxygen atoms in total. The normalized spacial score (nSPS) is 16.2. The summed E-state index contributed by atoms with van der Waals surface area (Å²) < 4.78 is 0. The molecule has 1 N–H and O–H groups in total. The highest BCUT2D eigenvalue weighted by Gasteiger charge is 2.13. The van der Waals surface area contributed by atoms with Crippen molar-refractivity contribution in [3.05, 3.63) is 0 Å². The molecule has 0 aliphatic carbocycles. The zero-order valence-electron chi connectivity index (χ0n) is 8.50. The van der Waals surface area contributed by atoms with E-state index in [-0.39, 0.29) is 5.78 Å². The molecular formula is C10H20O2. The lowest BCUT2D eigenvalue weighted by molar-refractivity contribution is -0.125. The Balaban J connectivity index is 3.61. The highest BCUT2D eigenvalue weighted by Crippen LogP contribution is 2.17. The van der Waals surface area contributed by atoms with Gasteiger partial charge in [0.2, 0.25) is 0 Å². The second-order valence-electron chi connectivity index (χ2n) is 3.93. The molecule has 0 aromatic rings. The molecule has 0 radical (unpaired) electrons. The maximum absolute atomic E-state index is 10.7. The number of hydrogen-bond acceptors (Lipinski definition) is 2. The average molecular weight is 172 g/mol. The first kappa shape index (κ1) is 11.6. The van der Waals surface area contributed by atoms with Crippen molar-refractivity contribution in [3.8, 4) is 0 Å². The SMILES string of the molecule is CC(=O)C(O)CCC(C)C(C)C. The molecule has 12 heavy (non-hydrogen) atoms. The van der Waals surface area contributed by atoms with E-state index >= 15 is 0 Å². The summed E-state index contributed by atoms with van der Waals surface area (Å²) in [4.78, 5) is 10.7. The summed E-state index contributed by atoms with van der Waals surface area (Å²) in [5.41, 5.74) is 0. The van der Waals surface area contributed by atoms with Crippen LogP contribution in [0.1, 0.15) is 40.5 Å². The molecule has 0 saturated heterocycles. The first-order valence-corrected chi connectivity index (χ1v) is 4.63. The van der Waals surface area contributed by atoms with Gasteiger partial charge in [0, 0.05) is 0 Å². The van der Waals surface area contributed by atoms with E-state index in [0.717, 1.165) is 6.42 Å². The van der Waals surface area contributed by atoms with Gasteiger partial charge in [-0.3, -0.25) is 4.79 Å². The van der Waals surface area contributed by atoms with Crippen LogP contribution >= 0.6 is 0 Å². The third-order valence-corrected chi connectivity index (χ3v) is 2.50. The molecule has 0 aliphatic rings. The van der Waals surface area contributed by atoms with Gasteiger partial charge in [0.25, 0.3) is 0 Å². The van der Waals surface area contributed by atoms with E-state index in [0.29, 0.717) is 18.3 Å². The summed E-state index contributed by atoms with van der Waals surface area (Å²) in [6.45, 7) is 7.90. The zero-order valence-corrected chi connectivity index (χ0v) is 8.50. The quantitative estimate of drug-likeness (QED) is 0.688. The van der Waals surface area contributed by atoms with Gasteiger partial charge in [-0.2, -0.15) is 0 Å². The topological polar surface area (TPSA) is 37.3 Å². The predicted molar refractivity (Wildman–Crippen MR) is 49.9 cm³/mol. The standard InChI is InChI=1S/C10H20O2/c1-7(2)8(3)5-6-10(12)9(4)11/h7-8,10,12H,5-6H2,1-4H3. The molecule has 0 aromatic carbocycles. The van der Waals surface area contributed by atoms with Gasteiger partial charge in [0.05, 0.1) is 0 Å². The minimum atomic E-state index is -0.744. The van der Waals surface area contributed by atoms with Crippen molar-refractivity contribution in [2.24, 2.45) is 11.8 Å². The molecule has 0 saturated carbocycles. The first-order chi connectivity index (χ1) is 5.45. The van der Waals surface area contributed by atoms with E-state index in [1.54, 1.807) is 0 Å². The Morgan fingerprint density at radius 2 is 1.75 bits per heavy atom. The van der Waals surface area contributed by atoms with Crippen LogP contribution in [0.4, 0.5) is 0 Å². The molecule has 72 valence electrons. The summed E-state index contributed by atoms with van der Waals surface area (Å²) in [5.74, 6) is 1.09. The van der Waals surface area contributed by atoms with Gasteiger partial charge in [0.1, 0.15) is 6.10 Å². The molecule has 2 unspecified atom stereocenters. The van der Waals surface area contributed by atoms with Crippen LogP contribution in [-0.2, 0) is 4.79 Å². The van der Waals surface area contributed by atoms with Gasteiger partial charge in [-0.1, -0.05) is 20.8 Å². The molecule has 0 bridgehead atoms. The fraction of sp³-hybridized carbons (Fsp3) is 0.900. The van der Waals surface area contributed by atoms with Crippen molar-refractivity contribution < 1.29 is 9.90 Å². The van der Waals surface area contributed by atoms with Crippen molar-refractivity contribution in [2.75, 3.05) is 0 Å². The van der Waals surface area contributed by atoms with Crippen LogP contribution in [0.3, 0.4) is 0 Å². The average Bonchev–Trinajstić information content (AvgIpc) is 1.98. The molecule has 2 atom stereocenters. The first-order valence-electron chi connectivity index (χ1n) is 4.63. The number of ketones is 1. The van der Waals surface area contributed by atoms with E-state index in [1.807, 2.05) is 0 Å². The molecule has 2 heteroatoms. The Hall–Kier alpha value is -0.370. The van der Waals surface area contributed by atoms with Crippen LogP contribution in [0.15, 0.2) is 0 Å². The number of Topliss-reactive ketones (excluding diaryl/α,β-unsaturated/α-hetero) is 1. The number of carbonyl (C=O) groups excluding carboxylic acids is 1. The zero-order chi connectivity index (χ0) is 9.72. The van der Waals surface area contributed by atoms with Gasteiger partial charge >= 0.3 is 0 Å². The lowest BCUT2D eigenvalue weighted by Gasteiger charge is -2.16. The van der Waals surface area contributed by atoms with Gasteiger partial charge in [-0.15, -0.1) is 0 Å². The molecule has 0 aromatic heterocycles. The fourth-order valence-corrected chi connectivity index (χ4v) is 0.957. The lowest BCUT2D eigenvalue weighted by atomic mass is 9.91. The van der Waals surface area contributed by atoms with Crippen LogP contribution in [-0.4, -0.2) is 17.0 Å². The van der Waals surface area contributed by atoms with E-state index < -0.39 is 6.10 Å². The minimum absolute atomic E-state index is 0.119. The monoisotopic (exact) mass is 172 g/mol. The van der Waals surface area contributed by atoms with Crippen molar-refractivity contribution in [3.63, 3.8) is 0 Å². The maximum atomic E-state index is 10.7. The van der Waals surface area contributed by atoms with Gasteiger partial charge in [-0.25, -0.2) is 0 Å². The molecule has 0 rings (SSSR count). The largest absolute Gasteiger partial charge is 0.385 e. The number of rotatable bonds is 5. The van der Waals surface area contributed by atoms with Crippen molar-refractivity contribution in [1.82, 2.24) is 0 Å². The third-order valence-electron chi connectivity index (χ3n) is 2.50. The summed E-state index contributed by atoms with van der Waals surface area (Å²) in [6, 6.07) is 0. The van der Waals surface area contributed by atoms with Gasteiger partial charge < -0.3 is 5.11 Å². The Morgan fingerprint density at radius 1 is 1.25 bits per heavy atom. The number of aliphatic hydroxyl groups excluding tert-OH is 1. The minimum Gasteiger partial charge on any atom is -0.385 e. The van der Waals surface area contributed by atoms with Crippen LogP contribution in [0.5, 0.6) is 0 Å². The van der Waals surface area contributed by atoms with Crippen molar-refractivity contribution >= 4 is 5.78 Å². The van der Waals surface area contributed by atoms with E-state index in [4.69, 9.17) is 0 Å². The van der Waals surface area contributed by atoms with Crippen LogP contribution in [0, 0.1) is 11.8 Å². The summed E-state index contributed by atoms with van der Waals surface area (Å²) in [5, 5.41) is 9.21. The molecular weight excluding hydrogens is 152 g/mol. The third kappa shape index (κ3) is 4.50. The Kier molecular flexibility index (Phi) is 5.14. The smallest absolute Gasteiger partial charge is 0.158 e. The summed E-state index contributed by atoms with van der Waals surface area (Å²) >= 11 is 0. The number of carbonyl (C=O) groups is 1. The summed E-state index contributed by atoms with van der Waals surface area (Å²) in [7, 11) is 0. The maximum Gasteiger partial charge on any atom is 0.158 e. The van der Waals surface area contributed by atoms with E-state index in [1.165, 1.54) is 6.92 Å². The second kappa shape index (κ2) is 5.31. The highest BCUT2D eigenvalue weighted by molar-refractivity contribution is 5.79. The second-order valence-corrected chi connectivity index (χ2v) is 3.93.